The van der Waals surface area contributed by atoms with Gasteiger partial charge in [0.1, 0.15) is 23.3 Å². The normalized spacial score (nSPS) is 17.3. The molecule has 8 nitrogen and oxygen atoms in total. The third kappa shape index (κ3) is 4.88. The lowest BCUT2D eigenvalue weighted by Crippen LogP contribution is -2.38. The number of hydrogen-bond acceptors (Lipinski definition) is 6. The Kier molecular flexibility index (Phi) is 7.44. The topological polar surface area (TPSA) is 91.8 Å². The van der Waals surface area contributed by atoms with Crippen LogP contribution < -0.4 is 20.7 Å². The highest BCUT2D eigenvalue weighted by Gasteiger charge is 2.40. The molecule has 1 saturated heterocycles. The van der Waals surface area contributed by atoms with Gasteiger partial charge in [-0.25, -0.2) is 9.36 Å². The summed E-state index contributed by atoms with van der Waals surface area (Å²) < 4.78 is 24.9. The average Bonchev–Trinajstić information content (AvgIpc) is 3.43. The van der Waals surface area contributed by atoms with Crippen LogP contribution in [0.4, 0.5) is 0 Å². The van der Waals surface area contributed by atoms with Crippen LogP contribution >= 0.6 is 0 Å². The Morgan fingerprint density at radius 2 is 1.42 bits per heavy atom. The number of aromatic nitrogens is 2. The Morgan fingerprint density at radius 3 is 1.97 bits per heavy atom. The van der Waals surface area contributed by atoms with Crippen LogP contribution in [0, 0.1) is 6.42 Å². The van der Waals surface area contributed by atoms with Gasteiger partial charge < -0.3 is 23.9 Å². The molecule has 2 atom stereocenters. The fourth-order valence-corrected chi connectivity index (χ4v) is 4.84. The van der Waals surface area contributed by atoms with Crippen molar-refractivity contribution in [2.75, 3.05) is 20.8 Å². The van der Waals surface area contributed by atoms with Crippen molar-refractivity contribution in [3.8, 4) is 11.5 Å². The maximum atomic E-state index is 12.3. The zero-order valence-electron chi connectivity index (χ0n) is 21.2. The van der Waals surface area contributed by atoms with Crippen LogP contribution in [-0.2, 0) is 15.1 Å². The van der Waals surface area contributed by atoms with Crippen molar-refractivity contribution in [2.24, 2.45) is 0 Å². The van der Waals surface area contributed by atoms with E-state index in [1.807, 2.05) is 85.3 Å². The Bertz CT molecular complexity index is 1390. The fourth-order valence-electron chi connectivity index (χ4n) is 4.84. The highest BCUT2D eigenvalue weighted by molar-refractivity contribution is 5.49. The lowest BCUT2D eigenvalue weighted by Gasteiger charge is -2.37. The number of ether oxygens (including phenoxy) is 4. The van der Waals surface area contributed by atoms with Crippen LogP contribution in [0.2, 0.25) is 0 Å². The first-order valence-corrected chi connectivity index (χ1v) is 12.3. The molecule has 1 N–H and O–H groups in total. The SMILES string of the molecule is COc1ccc(C(OC[C@H]2[CH]C[C@H](n3c(=O)cc[nH]c3=O)O2)(c2ccccc2)c2ccc(OC)cc2)cc1. The molecule has 1 fully saturated rings. The molecule has 3 aromatic carbocycles. The van der Waals surface area contributed by atoms with E-state index in [0.29, 0.717) is 6.42 Å². The standard InChI is InChI=1S/C30H29N2O6/c1-35-24-12-8-22(9-13-24)30(21-6-4-3-5-7-21,23-10-14-25(36-2)15-11-23)37-20-26-16-17-28(38-26)32-27(33)18-19-31-29(32)34/h3-16,18-19,26,28H,17,20H2,1-2H3,(H,31,34)/t26-,28-/m1/s1. The van der Waals surface area contributed by atoms with Crippen molar-refractivity contribution >= 4 is 0 Å². The minimum atomic E-state index is -0.990. The molecule has 4 aromatic rings. The van der Waals surface area contributed by atoms with Crippen LogP contribution in [0.25, 0.3) is 0 Å². The maximum absolute atomic E-state index is 12.3. The number of rotatable bonds is 9. The fraction of sp³-hybridized carbons (Fsp3) is 0.233. The maximum Gasteiger partial charge on any atom is 0.330 e. The summed E-state index contributed by atoms with van der Waals surface area (Å²) in [5, 5.41) is 0. The van der Waals surface area contributed by atoms with Crippen molar-refractivity contribution in [3.05, 3.63) is 135 Å². The molecule has 2 heterocycles. The van der Waals surface area contributed by atoms with E-state index in [1.54, 1.807) is 14.2 Å². The van der Waals surface area contributed by atoms with Gasteiger partial charge in [-0.2, -0.15) is 0 Å². The highest BCUT2D eigenvalue weighted by Crippen LogP contribution is 2.42. The molecular formula is C30H29N2O6. The Balaban J connectivity index is 1.53. The molecule has 0 saturated carbocycles. The van der Waals surface area contributed by atoms with Gasteiger partial charge in [0.05, 0.1) is 26.9 Å². The average molecular weight is 514 g/mol. The van der Waals surface area contributed by atoms with E-state index in [-0.39, 0.29) is 6.61 Å². The number of benzene rings is 3. The molecular weight excluding hydrogens is 484 g/mol. The van der Waals surface area contributed by atoms with Crippen molar-refractivity contribution < 1.29 is 18.9 Å². The third-order valence-electron chi connectivity index (χ3n) is 6.75. The quantitative estimate of drug-likeness (QED) is 0.340. The zero-order valence-corrected chi connectivity index (χ0v) is 21.2. The summed E-state index contributed by atoms with van der Waals surface area (Å²) in [7, 11) is 3.26. The number of nitrogens with one attached hydrogen (secondary N) is 1. The summed E-state index contributed by atoms with van der Waals surface area (Å²) in [5.74, 6) is 1.47. The van der Waals surface area contributed by atoms with E-state index in [0.717, 1.165) is 32.8 Å². The number of methoxy groups -OCH3 is 2. The predicted molar refractivity (Wildman–Crippen MR) is 142 cm³/mol. The van der Waals surface area contributed by atoms with Gasteiger partial charge in [-0.3, -0.25) is 4.79 Å². The molecule has 1 aliphatic heterocycles. The van der Waals surface area contributed by atoms with Gasteiger partial charge in [0.15, 0.2) is 0 Å². The Morgan fingerprint density at radius 1 is 0.842 bits per heavy atom. The predicted octanol–water partition coefficient (Wildman–Crippen LogP) is 4.05. The van der Waals surface area contributed by atoms with Gasteiger partial charge in [-0.05, 0) is 53.8 Å². The van der Waals surface area contributed by atoms with E-state index < -0.39 is 29.2 Å². The van der Waals surface area contributed by atoms with Crippen LogP contribution in [-0.4, -0.2) is 36.5 Å². The van der Waals surface area contributed by atoms with Crippen molar-refractivity contribution in [2.45, 2.75) is 24.4 Å². The minimum absolute atomic E-state index is 0.183. The van der Waals surface area contributed by atoms with Crippen molar-refractivity contribution in [1.82, 2.24) is 9.55 Å². The van der Waals surface area contributed by atoms with Gasteiger partial charge in [-0.15, -0.1) is 0 Å². The molecule has 0 aliphatic carbocycles. The second kappa shape index (κ2) is 11.1. The molecule has 5 rings (SSSR count). The van der Waals surface area contributed by atoms with Gasteiger partial charge in [0.25, 0.3) is 5.56 Å². The Labute approximate surface area is 220 Å². The third-order valence-corrected chi connectivity index (χ3v) is 6.75. The van der Waals surface area contributed by atoms with E-state index >= 15 is 0 Å². The first-order valence-electron chi connectivity index (χ1n) is 12.3. The van der Waals surface area contributed by atoms with Crippen molar-refractivity contribution in [3.63, 3.8) is 0 Å². The smallest absolute Gasteiger partial charge is 0.330 e. The molecule has 1 aliphatic rings. The van der Waals surface area contributed by atoms with E-state index in [4.69, 9.17) is 18.9 Å². The van der Waals surface area contributed by atoms with Crippen LogP contribution in [0.15, 0.2) is 101 Å². The molecule has 195 valence electrons. The molecule has 0 unspecified atom stereocenters. The molecule has 8 heteroatoms. The number of nitrogens with zero attached hydrogens (tertiary/aromatic N) is 1. The summed E-state index contributed by atoms with van der Waals surface area (Å²) >= 11 is 0. The summed E-state index contributed by atoms with van der Waals surface area (Å²) in [6.45, 7) is 0.183. The molecule has 0 spiro atoms. The molecule has 0 amide bonds. The molecule has 0 bridgehead atoms. The van der Waals surface area contributed by atoms with Crippen molar-refractivity contribution in [1.29, 1.82) is 0 Å². The second-order valence-electron chi connectivity index (χ2n) is 8.91. The van der Waals surface area contributed by atoms with Crippen LogP contribution in [0.5, 0.6) is 11.5 Å². The van der Waals surface area contributed by atoms with E-state index in [1.165, 1.54) is 12.3 Å². The lowest BCUT2D eigenvalue weighted by molar-refractivity contribution is -0.0728. The first-order chi connectivity index (χ1) is 18.5. The van der Waals surface area contributed by atoms with Gasteiger partial charge in [-0.1, -0.05) is 54.6 Å². The summed E-state index contributed by atoms with van der Waals surface area (Å²) in [5.41, 5.74) is 0.827. The lowest BCUT2D eigenvalue weighted by atomic mass is 9.80. The molecule has 38 heavy (non-hydrogen) atoms. The van der Waals surface area contributed by atoms with E-state index in [9.17, 15) is 9.59 Å². The van der Waals surface area contributed by atoms with Crippen LogP contribution in [0.3, 0.4) is 0 Å². The number of aromatic amines is 1. The Hall–Kier alpha value is -4.14. The minimum Gasteiger partial charge on any atom is -0.497 e. The zero-order chi connectivity index (χ0) is 26.5. The number of hydrogen-bond donors (Lipinski definition) is 1. The second-order valence-corrected chi connectivity index (χ2v) is 8.91. The van der Waals surface area contributed by atoms with Gasteiger partial charge >= 0.3 is 5.69 Å². The molecule has 1 aromatic heterocycles. The van der Waals surface area contributed by atoms with Gasteiger partial charge in [0.2, 0.25) is 0 Å². The highest BCUT2D eigenvalue weighted by atomic mass is 16.6. The van der Waals surface area contributed by atoms with E-state index in [2.05, 4.69) is 4.98 Å². The first kappa shape index (κ1) is 25.5. The monoisotopic (exact) mass is 513 g/mol. The summed E-state index contributed by atoms with van der Waals surface area (Å²) in [4.78, 5) is 27.1. The number of H-pyrrole nitrogens is 1. The molecule has 1 radical (unpaired) electrons. The van der Waals surface area contributed by atoms with Crippen LogP contribution in [0.1, 0.15) is 29.3 Å². The largest absolute Gasteiger partial charge is 0.497 e. The summed E-state index contributed by atoms with van der Waals surface area (Å²) in [6, 6.07) is 26.8. The summed E-state index contributed by atoms with van der Waals surface area (Å²) in [6.07, 6.45) is 2.53. The van der Waals surface area contributed by atoms with Gasteiger partial charge in [0, 0.05) is 12.3 Å².